The number of halogens is 1. The van der Waals surface area contributed by atoms with E-state index in [9.17, 15) is 4.79 Å². The molecular weight excluding hydrogens is 356 g/mol. The molecule has 0 aliphatic rings. The van der Waals surface area contributed by atoms with Crippen molar-refractivity contribution in [2.45, 2.75) is 6.54 Å². The Labute approximate surface area is 145 Å². The van der Waals surface area contributed by atoms with E-state index < -0.39 is 0 Å². The fraction of sp³-hybridized carbons (Fsp3) is 0.278. The average Bonchev–Trinajstić information content (AvgIpc) is 2.55. The zero-order valence-corrected chi connectivity index (χ0v) is 14.8. The Bertz CT molecular complexity index is 602. The van der Waals surface area contributed by atoms with Gasteiger partial charge in [0.25, 0.3) is 0 Å². The Balaban J connectivity index is 1.63. The number of para-hydroxylation sites is 1. The first-order chi connectivity index (χ1) is 11.1. The highest BCUT2D eigenvalue weighted by Crippen LogP contribution is 2.11. The fourth-order valence-electron chi connectivity index (χ4n) is 2.13. The number of carbonyl (C=O) groups excluding carboxylic acids is 1. The normalized spacial score (nSPS) is 10.6. The van der Waals surface area contributed by atoms with Crippen molar-refractivity contribution in [3.63, 3.8) is 0 Å². The summed E-state index contributed by atoms with van der Waals surface area (Å²) in [6.45, 7) is 2.06. The Morgan fingerprint density at radius 2 is 1.83 bits per heavy atom. The molecule has 5 heteroatoms. The lowest BCUT2D eigenvalue weighted by atomic mass is 10.2. The minimum Gasteiger partial charge on any atom is -0.492 e. The monoisotopic (exact) mass is 376 g/mol. The summed E-state index contributed by atoms with van der Waals surface area (Å²) < 4.78 is 6.59. The van der Waals surface area contributed by atoms with Gasteiger partial charge in [-0.1, -0.05) is 46.3 Å². The van der Waals surface area contributed by atoms with E-state index in [-0.39, 0.29) is 5.91 Å². The Morgan fingerprint density at radius 1 is 1.13 bits per heavy atom. The van der Waals surface area contributed by atoms with E-state index in [0.29, 0.717) is 19.7 Å². The zero-order chi connectivity index (χ0) is 16.5. The van der Waals surface area contributed by atoms with Gasteiger partial charge < -0.3 is 10.1 Å². The number of nitrogens with zero attached hydrogens (tertiary/aromatic N) is 1. The van der Waals surface area contributed by atoms with Gasteiger partial charge >= 0.3 is 0 Å². The van der Waals surface area contributed by atoms with Crippen molar-refractivity contribution < 1.29 is 9.53 Å². The molecule has 0 aromatic heterocycles. The molecule has 1 N–H and O–H groups in total. The molecule has 4 nitrogen and oxygen atoms in total. The zero-order valence-electron chi connectivity index (χ0n) is 13.2. The lowest BCUT2D eigenvalue weighted by Gasteiger charge is -2.16. The van der Waals surface area contributed by atoms with Gasteiger partial charge in [-0.3, -0.25) is 9.69 Å². The van der Waals surface area contributed by atoms with Crippen molar-refractivity contribution in [3.05, 3.63) is 64.6 Å². The van der Waals surface area contributed by atoms with Crippen LogP contribution in [0.1, 0.15) is 5.56 Å². The molecule has 0 saturated heterocycles. The maximum atomic E-state index is 11.9. The summed E-state index contributed by atoms with van der Waals surface area (Å²) >= 11 is 3.41. The van der Waals surface area contributed by atoms with E-state index in [2.05, 4.69) is 21.2 Å². The summed E-state index contributed by atoms with van der Waals surface area (Å²) in [7, 11) is 1.93. The van der Waals surface area contributed by atoms with Crippen LogP contribution >= 0.6 is 15.9 Å². The highest BCUT2D eigenvalue weighted by Gasteiger charge is 2.06. The maximum Gasteiger partial charge on any atom is 0.234 e. The predicted octanol–water partition coefficient (Wildman–Crippen LogP) is 3.08. The maximum absolute atomic E-state index is 11.9. The van der Waals surface area contributed by atoms with Gasteiger partial charge in [-0.15, -0.1) is 0 Å². The molecule has 0 heterocycles. The highest BCUT2D eigenvalue weighted by molar-refractivity contribution is 9.10. The first-order valence-corrected chi connectivity index (χ1v) is 8.30. The van der Waals surface area contributed by atoms with Crippen LogP contribution in [0.5, 0.6) is 5.75 Å². The minimum atomic E-state index is 0.00118. The number of carbonyl (C=O) groups is 1. The summed E-state index contributed by atoms with van der Waals surface area (Å²) in [5.74, 6) is 0.815. The number of ether oxygens (including phenoxy) is 1. The molecule has 122 valence electrons. The van der Waals surface area contributed by atoms with Crippen molar-refractivity contribution in [1.29, 1.82) is 0 Å². The summed E-state index contributed by atoms with van der Waals surface area (Å²) in [4.78, 5) is 13.9. The number of benzene rings is 2. The lowest BCUT2D eigenvalue weighted by molar-refractivity contribution is -0.122. The molecule has 0 spiro atoms. The SMILES string of the molecule is CN(CC(=O)NCCOc1ccccc1)Cc1ccc(Br)cc1. The molecule has 0 fully saturated rings. The molecule has 0 saturated carbocycles. The molecule has 2 aromatic rings. The van der Waals surface area contributed by atoms with E-state index in [4.69, 9.17) is 4.74 Å². The quantitative estimate of drug-likeness (QED) is 0.719. The molecule has 0 radical (unpaired) electrons. The van der Waals surface area contributed by atoms with Gasteiger partial charge in [0.1, 0.15) is 12.4 Å². The predicted molar refractivity (Wildman–Crippen MR) is 95.4 cm³/mol. The molecule has 2 rings (SSSR count). The number of hydrogen-bond acceptors (Lipinski definition) is 3. The summed E-state index contributed by atoms with van der Waals surface area (Å²) in [5.41, 5.74) is 1.18. The summed E-state index contributed by atoms with van der Waals surface area (Å²) in [5, 5.41) is 2.87. The van der Waals surface area contributed by atoms with Crippen LogP contribution in [-0.2, 0) is 11.3 Å². The second kappa shape index (κ2) is 9.33. The smallest absolute Gasteiger partial charge is 0.234 e. The van der Waals surface area contributed by atoms with Crippen molar-refractivity contribution >= 4 is 21.8 Å². The molecular formula is C18H21BrN2O2. The standard InChI is InChI=1S/C18H21BrN2O2/c1-21(13-15-7-9-16(19)10-8-15)14-18(22)20-11-12-23-17-5-3-2-4-6-17/h2-10H,11-14H2,1H3,(H,20,22). The Hall–Kier alpha value is -1.85. The number of nitrogens with one attached hydrogen (secondary N) is 1. The van der Waals surface area contributed by atoms with Gasteiger partial charge in [-0.05, 0) is 36.9 Å². The molecule has 2 aromatic carbocycles. The van der Waals surface area contributed by atoms with Crippen molar-refractivity contribution in [2.75, 3.05) is 26.7 Å². The van der Waals surface area contributed by atoms with Gasteiger partial charge in [0.05, 0.1) is 13.1 Å². The van der Waals surface area contributed by atoms with Crippen LogP contribution in [-0.4, -0.2) is 37.6 Å². The third-order valence-corrected chi connectivity index (χ3v) is 3.74. The second-order valence-corrected chi connectivity index (χ2v) is 6.23. The van der Waals surface area contributed by atoms with Crippen LogP contribution in [0.25, 0.3) is 0 Å². The van der Waals surface area contributed by atoms with E-state index >= 15 is 0 Å². The van der Waals surface area contributed by atoms with Crippen LogP contribution in [0.3, 0.4) is 0 Å². The van der Waals surface area contributed by atoms with Crippen LogP contribution in [0, 0.1) is 0 Å². The third-order valence-electron chi connectivity index (χ3n) is 3.22. The summed E-state index contributed by atoms with van der Waals surface area (Å²) in [6, 6.07) is 17.7. The molecule has 1 amide bonds. The first-order valence-electron chi connectivity index (χ1n) is 7.51. The topological polar surface area (TPSA) is 41.6 Å². The van der Waals surface area contributed by atoms with Gasteiger partial charge in [0.2, 0.25) is 5.91 Å². The Morgan fingerprint density at radius 3 is 2.52 bits per heavy atom. The fourth-order valence-corrected chi connectivity index (χ4v) is 2.40. The van der Waals surface area contributed by atoms with E-state index in [1.807, 2.05) is 66.5 Å². The number of rotatable bonds is 8. The molecule has 0 aliphatic carbocycles. The van der Waals surface area contributed by atoms with Crippen LogP contribution in [0.4, 0.5) is 0 Å². The van der Waals surface area contributed by atoms with E-state index in [1.165, 1.54) is 5.56 Å². The van der Waals surface area contributed by atoms with Gasteiger partial charge in [-0.2, -0.15) is 0 Å². The number of amides is 1. The van der Waals surface area contributed by atoms with Gasteiger partial charge in [-0.25, -0.2) is 0 Å². The molecule has 0 bridgehead atoms. The van der Waals surface area contributed by atoms with Gasteiger partial charge in [0, 0.05) is 11.0 Å². The van der Waals surface area contributed by atoms with E-state index in [1.54, 1.807) is 0 Å². The lowest BCUT2D eigenvalue weighted by Crippen LogP contribution is -2.36. The van der Waals surface area contributed by atoms with Gasteiger partial charge in [0.15, 0.2) is 0 Å². The Kier molecular flexibility index (Phi) is 7.10. The molecule has 0 unspecified atom stereocenters. The van der Waals surface area contributed by atoms with Crippen molar-refractivity contribution in [2.24, 2.45) is 0 Å². The largest absolute Gasteiger partial charge is 0.492 e. The number of likely N-dealkylation sites (N-methyl/N-ethyl adjacent to an activating group) is 1. The third kappa shape index (κ3) is 6.84. The number of hydrogen-bond donors (Lipinski definition) is 1. The van der Waals surface area contributed by atoms with Crippen LogP contribution in [0.15, 0.2) is 59.1 Å². The first kappa shape index (κ1) is 17.5. The molecule has 0 aliphatic heterocycles. The molecule has 0 atom stereocenters. The highest BCUT2D eigenvalue weighted by atomic mass is 79.9. The second-order valence-electron chi connectivity index (χ2n) is 5.31. The summed E-state index contributed by atoms with van der Waals surface area (Å²) in [6.07, 6.45) is 0. The van der Waals surface area contributed by atoms with E-state index in [0.717, 1.165) is 16.8 Å². The van der Waals surface area contributed by atoms with Crippen molar-refractivity contribution in [3.8, 4) is 5.75 Å². The van der Waals surface area contributed by atoms with Crippen molar-refractivity contribution in [1.82, 2.24) is 10.2 Å². The minimum absolute atomic E-state index is 0.00118. The molecule has 23 heavy (non-hydrogen) atoms. The van der Waals surface area contributed by atoms with Crippen LogP contribution < -0.4 is 10.1 Å². The average molecular weight is 377 g/mol. The van der Waals surface area contributed by atoms with Crippen LogP contribution in [0.2, 0.25) is 0 Å².